The van der Waals surface area contributed by atoms with Gasteiger partial charge in [-0.2, -0.15) is 4.31 Å². The maximum Gasteiger partial charge on any atom is 0.252 e. The highest BCUT2D eigenvalue weighted by atomic mass is 35.5. The molecule has 4 rings (SSSR count). The number of carbonyl (C=O) groups is 2. The molecule has 2 aromatic rings. The number of nitrogens with zero attached hydrogens (tertiary/aromatic N) is 3. The number of sulfonamides is 1. The van der Waals surface area contributed by atoms with Gasteiger partial charge in [-0.25, -0.2) is 13.3 Å². The zero-order valence-corrected chi connectivity index (χ0v) is 20.9. The first-order valence-electron chi connectivity index (χ1n) is 10.9. The minimum atomic E-state index is -4.25. The zero-order valence-electron chi connectivity index (χ0n) is 18.6. The molecule has 0 aromatic heterocycles. The zero-order chi connectivity index (χ0) is 24.5. The topological polar surface area (TPSA) is 87.2 Å². The maximum absolute atomic E-state index is 13.8. The minimum absolute atomic E-state index is 0.00654. The quantitative estimate of drug-likeness (QED) is 0.516. The Kier molecular flexibility index (Phi) is 7.61. The SMILES string of the molecule is Cc1ccc(N2C(=O)CC(N(CCN3CCOCC3)S(=O)(=O)c3cc(Cl)ccc3Cl)C2=O)cc1. The standard InChI is InChI=1S/C23H25Cl2N3O5S/c1-16-2-5-18(6-3-16)28-22(29)15-20(23(28)30)27(9-8-26-10-12-33-13-11-26)34(31,32)21-14-17(24)4-7-19(21)25/h2-7,14,20H,8-13,15H2,1H3. The van der Waals surface area contributed by atoms with Gasteiger partial charge in [0.15, 0.2) is 0 Å². The van der Waals surface area contributed by atoms with E-state index in [-0.39, 0.29) is 27.9 Å². The third-order valence-electron chi connectivity index (χ3n) is 5.98. The van der Waals surface area contributed by atoms with Crippen molar-refractivity contribution in [2.24, 2.45) is 0 Å². The molecule has 0 radical (unpaired) electrons. The van der Waals surface area contributed by atoms with Crippen LogP contribution in [0.5, 0.6) is 0 Å². The molecule has 11 heteroatoms. The Hall–Kier alpha value is -2.01. The molecule has 0 bridgehead atoms. The first-order chi connectivity index (χ1) is 16.2. The van der Waals surface area contributed by atoms with Crippen molar-refractivity contribution < 1.29 is 22.7 Å². The van der Waals surface area contributed by atoms with Crippen LogP contribution in [-0.4, -0.2) is 74.9 Å². The Balaban J connectivity index is 1.68. The number of halogens is 2. The average molecular weight is 526 g/mol. The van der Waals surface area contributed by atoms with E-state index in [4.69, 9.17) is 27.9 Å². The Labute approximate surface area is 209 Å². The first kappa shape index (κ1) is 25.1. The van der Waals surface area contributed by atoms with Gasteiger partial charge in [0.25, 0.3) is 5.91 Å². The maximum atomic E-state index is 13.8. The van der Waals surface area contributed by atoms with E-state index in [0.717, 1.165) is 14.8 Å². The van der Waals surface area contributed by atoms with E-state index in [1.54, 1.807) is 24.3 Å². The number of morpholine rings is 1. The minimum Gasteiger partial charge on any atom is -0.379 e. The van der Waals surface area contributed by atoms with E-state index in [1.165, 1.54) is 18.2 Å². The number of benzene rings is 2. The van der Waals surface area contributed by atoms with Gasteiger partial charge < -0.3 is 4.74 Å². The van der Waals surface area contributed by atoms with Crippen LogP contribution >= 0.6 is 23.2 Å². The molecule has 2 amide bonds. The summed E-state index contributed by atoms with van der Waals surface area (Å²) in [5.41, 5.74) is 1.39. The van der Waals surface area contributed by atoms with E-state index in [0.29, 0.717) is 38.5 Å². The summed E-state index contributed by atoms with van der Waals surface area (Å²) < 4.78 is 34.0. The summed E-state index contributed by atoms with van der Waals surface area (Å²) in [6, 6.07) is 9.91. The van der Waals surface area contributed by atoms with E-state index in [2.05, 4.69) is 4.90 Å². The molecule has 8 nitrogen and oxygen atoms in total. The van der Waals surface area contributed by atoms with Gasteiger partial charge in [-0.15, -0.1) is 0 Å². The number of carbonyl (C=O) groups excluding carboxylic acids is 2. The van der Waals surface area contributed by atoms with Crippen LogP contribution in [0.4, 0.5) is 5.69 Å². The van der Waals surface area contributed by atoms with Crippen LogP contribution in [0.3, 0.4) is 0 Å². The summed E-state index contributed by atoms with van der Waals surface area (Å²) >= 11 is 12.3. The second-order valence-corrected chi connectivity index (χ2v) is 11.0. The predicted octanol–water partition coefficient (Wildman–Crippen LogP) is 2.96. The molecule has 2 aliphatic heterocycles. The van der Waals surface area contributed by atoms with Gasteiger partial charge in [-0.3, -0.25) is 14.5 Å². The molecule has 1 atom stereocenters. The van der Waals surface area contributed by atoms with Crippen molar-refractivity contribution in [1.29, 1.82) is 0 Å². The van der Waals surface area contributed by atoms with Crippen molar-refractivity contribution in [3.8, 4) is 0 Å². The lowest BCUT2D eigenvalue weighted by Crippen LogP contribution is -2.49. The van der Waals surface area contributed by atoms with Crippen LogP contribution in [0.15, 0.2) is 47.4 Å². The fourth-order valence-electron chi connectivity index (χ4n) is 4.12. The Morgan fingerprint density at radius 1 is 1.06 bits per heavy atom. The molecular formula is C23H25Cl2N3O5S. The lowest BCUT2D eigenvalue weighted by molar-refractivity contribution is -0.122. The van der Waals surface area contributed by atoms with Gasteiger partial charge >= 0.3 is 0 Å². The number of aryl methyl sites for hydroxylation is 1. The van der Waals surface area contributed by atoms with Gasteiger partial charge in [0.1, 0.15) is 10.9 Å². The largest absolute Gasteiger partial charge is 0.379 e. The summed E-state index contributed by atoms with van der Waals surface area (Å²) in [6.45, 7) is 4.69. The fraction of sp³-hybridized carbons (Fsp3) is 0.391. The van der Waals surface area contributed by atoms with Crippen LogP contribution in [0, 0.1) is 6.92 Å². The lowest BCUT2D eigenvalue weighted by Gasteiger charge is -2.31. The van der Waals surface area contributed by atoms with Crippen molar-refractivity contribution in [1.82, 2.24) is 9.21 Å². The summed E-state index contributed by atoms with van der Waals surface area (Å²) in [7, 11) is -4.25. The number of amides is 2. The molecule has 1 unspecified atom stereocenters. The van der Waals surface area contributed by atoms with Gasteiger partial charge in [0.2, 0.25) is 15.9 Å². The number of ether oxygens (including phenoxy) is 1. The summed E-state index contributed by atoms with van der Waals surface area (Å²) in [5, 5.41) is 0.194. The number of anilines is 1. The second kappa shape index (κ2) is 10.3. The highest BCUT2D eigenvalue weighted by molar-refractivity contribution is 7.89. The summed E-state index contributed by atoms with van der Waals surface area (Å²) in [4.78, 5) is 29.2. The molecule has 0 saturated carbocycles. The highest BCUT2D eigenvalue weighted by Gasteiger charge is 2.47. The smallest absolute Gasteiger partial charge is 0.252 e. The van der Waals surface area contributed by atoms with Crippen LogP contribution < -0.4 is 4.90 Å². The van der Waals surface area contributed by atoms with Crippen molar-refractivity contribution >= 4 is 50.7 Å². The molecule has 2 saturated heterocycles. The second-order valence-electron chi connectivity index (χ2n) is 8.27. The van der Waals surface area contributed by atoms with E-state index >= 15 is 0 Å². The molecule has 34 heavy (non-hydrogen) atoms. The average Bonchev–Trinajstić information content (AvgIpc) is 3.10. The molecule has 2 aromatic carbocycles. The van der Waals surface area contributed by atoms with Crippen molar-refractivity contribution in [2.75, 3.05) is 44.3 Å². The number of rotatable bonds is 7. The monoisotopic (exact) mass is 525 g/mol. The predicted molar refractivity (Wildman–Crippen MR) is 130 cm³/mol. The van der Waals surface area contributed by atoms with Crippen molar-refractivity contribution in [2.45, 2.75) is 24.3 Å². The van der Waals surface area contributed by atoms with E-state index < -0.39 is 27.9 Å². The van der Waals surface area contributed by atoms with Gasteiger partial charge in [0, 0.05) is 31.2 Å². The fourth-order valence-corrected chi connectivity index (χ4v) is 6.43. The molecule has 2 heterocycles. The van der Waals surface area contributed by atoms with Crippen molar-refractivity contribution in [3.05, 3.63) is 58.1 Å². The highest BCUT2D eigenvalue weighted by Crippen LogP contribution is 2.33. The van der Waals surface area contributed by atoms with Crippen LogP contribution in [0.1, 0.15) is 12.0 Å². The van der Waals surface area contributed by atoms with E-state index in [1.807, 2.05) is 6.92 Å². The van der Waals surface area contributed by atoms with Gasteiger partial charge in [-0.05, 0) is 37.3 Å². The first-order valence-corrected chi connectivity index (χ1v) is 13.1. The molecule has 2 aliphatic rings. The normalized spacial score (nSPS) is 19.9. The third kappa shape index (κ3) is 5.15. The lowest BCUT2D eigenvalue weighted by atomic mass is 10.2. The number of hydrogen-bond acceptors (Lipinski definition) is 6. The molecule has 0 N–H and O–H groups in total. The molecular weight excluding hydrogens is 501 g/mol. The third-order valence-corrected chi connectivity index (χ3v) is 8.61. The number of imide groups is 1. The molecule has 182 valence electrons. The summed E-state index contributed by atoms with van der Waals surface area (Å²) in [5.74, 6) is -1.04. The Morgan fingerprint density at radius 2 is 1.74 bits per heavy atom. The van der Waals surface area contributed by atoms with E-state index in [9.17, 15) is 18.0 Å². The summed E-state index contributed by atoms with van der Waals surface area (Å²) in [6.07, 6.45) is -0.257. The van der Waals surface area contributed by atoms with Crippen LogP contribution in [0.2, 0.25) is 10.0 Å². The molecule has 0 spiro atoms. The van der Waals surface area contributed by atoms with Gasteiger partial charge in [-0.1, -0.05) is 40.9 Å². The van der Waals surface area contributed by atoms with Crippen LogP contribution in [-0.2, 0) is 24.3 Å². The Morgan fingerprint density at radius 3 is 2.41 bits per heavy atom. The Bertz CT molecular complexity index is 1180. The van der Waals surface area contributed by atoms with Crippen LogP contribution in [0.25, 0.3) is 0 Å². The molecule has 2 fully saturated rings. The van der Waals surface area contributed by atoms with Gasteiger partial charge in [0.05, 0.1) is 30.3 Å². The van der Waals surface area contributed by atoms with Crippen molar-refractivity contribution in [3.63, 3.8) is 0 Å². The number of hydrogen-bond donors (Lipinski definition) is 0. The molecule has 0 aliphatic carbocycles.